The van der Waals surface area contributed by atoms with E-state index < -0.39 is 20.7 Å². The van der Waals surface area contributed by atoms with E-state index in [1.54, 1.807) is 63.4 Å². The zero-order valence-corrected chi connectivity index (χ0v) is 25.8. The van der Waals surface area contributed by atoms with E-state index in [4.69, 9.17) is 11.6 Å². The first-order chi connectivity index (χ1) is 21.0. The Labute approximate surface area is 260 Å². The summed E-state index contributed by atoms with van der Waals surface area (Å²) >= 11 is 6.31. The van der Waals surface area contributed by atoms with E-state index in [1.807, 2.05) is 6.08 Å². The number of hydrogen-bond acceptors (Lipinski definition) is 6. The Morgan fingerprint density at radius 1 is 1.25 bits per heavy atom. The summed E-state index contributed by atoms with van der Waals surface area (Å²) < 4.78 is 33.3. The number of allylic oxidation sites excluding steroid dienone is 1. The van der Waals surface area contributed by atoms with Gasteiger partial charge in [-0.15, -0.1) is 0 Å². The number of benzene rings is 1. The highest BCUT2D eigenvalue weighted by Gasteiger charge is 2.53. The van der Waals surface area contributed by atoms with Crippen LogP contribution < -0.4 is 0 Å². The number of pyridine rings is 1. The molecule has 4 aromatic rings. The van der Waals surface area contributed by atoms with Gasteiger partial charge in [0.15, 0.2) is 10.8 Å². The van der Waals surface area contributed by atoms with E-state index in [0.29, 0.717) is 54.3 Å². The Morgan fingerprint density at radius 2 is 2.02 bits per heavy atom. The maximum absolute atomic E-state index is 14.6. The molecule has 1 aromatic carbocycles. The molecule has 9 nitrogen and oxygen atoms in total. The molecule has 3 heterocycles. The Bertz CT molecular complexity index is 1910. The third kappa shape index (κ3) is 5.01. The first kappa shape index (κ1) is 29.1. The van der Waals surface area contributed by atoms with Crippen molar-refractivity contribution in [2.45, 2.75) is 55.2 Å². The third-order valence-electron chi connectivity index (χ3n) is 9.17. The fraction of sp³-hybridized carbons (Fsp3) is 0.344. The Morgan fingerprint density at radius 3 is 2.70 bits per heavy atom. The number of aryl methyl sites for hydroxylation is 1. The van der Waals surface area contributed by atoms with Crippen LogP contribution in [0.3, 0.4) is 0 Å². The number of rotatable bonds is 8. The van der Waals surface area contributed by atoms with E-state index in [9.17, 15) is 18.5 Å². The predicted octanol–water partition coefficient (Wildman–Crippen LogP) is 4.67. The van der Waals surface area contributed by atoms with Crippen LogP contribution in [0, 0.1) is 11.2 Å². The first-order valence-corrected chi connectivity index (χ1v) is 16.6. The number of fused-ring (bicyclic) bond motifs is 2. The molecule has 2 saturated carbocycles. The highest BCUT2D eigenvalue weighted by Crippen LogP contribution is 2.52. The molecule has 0 aliphatic heterocycles. The lowest BCUT2D eigenvalue weighted by molar-refractivity contribution is 0.0673. The fourth-order valence-corrected chi connectivity index (χ4v) is 8.68. The number of halogens is 2. The monoisotopic (exact) mass is 634 g/mol. The Hall–Kier alpha value is -3.64. The molecule has 0 bridgehead atoms. The molecular weight excluding hydrogens is 603 g/mol. The second-order valence-electron chi connectivity index (χ2n) is 12.2. The van der Waals surface area contributed by atoms with Crippen LogP contribution >= 0.6 is 11.6 Å². The van der Waals surface area contributed by atoms with Crippen molar-refractivity contribution in [2.75, 3.05) is 6.54 Å². The first-order valence-electron chi connectivity index (χ1n) is 14.5. The van der Waals surface area contributed by atoms with Gasteiger partial charge in [0.25, 0.3) is 0 Å². The van der Waals surface area contributed by atoms with E-state index in [0.717, 1.165) is 16.8 Å². The van der Waals surface area contributed by atoms with Gasteiger partial charge in [-0.05, 0) is 98.5 Å². The molecule has 0 saturated heterocycles. The average Bonchev–Trinajstić information content (AvgIpc) is 3.35. The SMILES string of the molecule is C=S(=O)(c1ccn(C)n1)N(CC1(O)CC1)[C@H]1CCC2=Cc3c(cnn3-c3ccc(F)cc3)C[C@]2(C(=O)c2cc(Cl)ccn2)C1. The lowest BCUT2D eigenvalue weighted by Crippen LogP contribution is -2.52. The smallest absolute Gasteiger partial charge is 0.191 e. The minimum absolute atomic E-state index is 0.170. The minimum atomic E-state index is -3.10. The van der Waals surface area contributed by atoms with Gasteiger partial charge in [0.1, 0.15) is 11.5 Å². The van der Waals surface area contributed by atoms with Crippen molar-refractivity contribution in [3.63, 3.8) is 0 Å². The maximum atomic E-state index is 14.6. The lowest BCUT2D eigenvalue weighted by Gasteiger charge is -2.47. The van der Waals surface area contributed by atoms with Crippen molar-refractivity contribution >= 4 is 39.0 Å². The van der Waals surface area contributed by atoms with Crippen molar-refractivity contribution < 1.29 is 18.5 Å². The molecule has 44 heavy (non-hydrogen) atoms. The number of nitrogens with zero attached hydrogens (tertiary/aromatic N) is 6. The van der Waals surface area contributed by atoms with Crippen LogP contribution in [0.1, 0.15) is 53.8 Å². The van der Waals surface area contributed by atoms with Crippen LogP contribution in [-0.4, -0.2) is 68.0 Å². The lowest BCUT2D eigenvalue weighted by atomic mass is 9.60. The van der Waals surface area contributed by atoms with Gasteiger partial charge < -0.3 is 5.11 Å². The molecule has 3 aliphatic carbocycles. The van der Waals surface area contributed by atoms with Crippen LogP contribution in [0.5, 0.6) is 0 Å². The van der Waals surface area contributed by atoms with Gasteiger partial charge in [-0.2, -0.15) is 10.2 Å². The zero-order chi connectivity index (χ0) is 30.9. The Kier molecular flexibility index (Phi) is 6.93. The summed E-state index contributed by atoms with van der Waals surface area (Å²) in [4.78, 5) is 19.0. The van der Waals surface area contributed by atoms with Crippen LogP contribution in [-0.2, 0) is 23.2 Å². The van der Waals surface area contributed by atoms with E-state index in [2.05, 4.69) is 21.1 Å². The Balaban J connectivity index is 1.33. The molecule has 1 N–H and O–H groups in total. The molecule has 1 unspecified atom stereocenters. The zero-order valence-electron chi connectivity index (χ0n) is 24.2. The highest BCUT2D eigenvalue weighted by molar-refractivity contribution is 7.98. The molecule has 7 rings (SSSR count). The summed E-state index contributed by atoms with van der Waals surface area (Å²) in [6, 6.07) is 10.7. The average molecular weight is 635 g/mol. The van der Waals surface area contributed by atoms with Crippen LogP contribution in [0.2, 0.25) is 5.02 Å². The summed E-state index contributed by atoms with van der Waals surface area (Å²) in [7, 11) is -1.35. The van der Waals surface area contributed by atoms with Crippen molar-refractivity contribution in [3.05, 3.63) is 94.4 Å². The molecular formula is C32H32ClFN6O3S. The van der Waals surface area contributed by atoms with Gasteiger partial charge >= 0.3 is 0 Å². The number of carbonyl (C=O) groups excluding carboxylic acids is 1. The van der Waals surface area contributed by atoms with Gasteiger partial charge in [0, 0.05) is 37.1 Å². The topological polar surface area (TPSA) is 106 Å². The van der Waals surface area contributed by atoms with Gasteiger partial charge in [0.2, 0.25) is 0 Å². The molecule has 3 aliphatic rings. The van der Waals surface area contributed by atoms with E-state index in [1.165, 1.54) is 18.3 Å². The number of hydrogen-bond donors (Lipinski definition) is 1. The summed E-state index contributed by atoms with van der Waals surface area (Å²) in [5.41, 5.74) is 1.62. The van der Waals surface area contributed by atoms with E-state index in [-0.39, 0.29) is 29.9 Å². The minimum Gasteiger partial charge on any atom is -0.389 e. The standard InChI is InChI=1S/C32H32ClFN6O3S/c1-38-14-10-29(37-38)44(2,43)39(20-31(42)11-12-31)26-6-3-22-15-28-21(19-36-40(28)25-7-4-24(34)5-8-25)17-32(22,18-26)30(41)27-16-23(33)9-13-35-27/h4-5,7-10,13-16,19,26,42H,2-3,6,11-12,17-18,20H2,1H3/t26-,32-,44?/m0/s1. The van der Waals surface area contributed by atoms with Crippen molar-refractivity contribution in [3.8, 4) is 5.69 Å². The van der Waals surface area contributed by atoms with Crippen molar-refractivity contribution in [2.24, 2.45) is 12.5 Å². The summed E-state index contributed by atoms with van der Waals surface area (Å²) in [6.07, 6.45) is 10.1. The van der Waals surface area contributed by atoms with Gasteiger partial charge in [-0.25, -0.2) is 17.6 Å². The second-order valence-corrected chi connectivity index (χ2v) is 14.8. The van der Waals surface area contributed by atoms with Crippen LogP contribution in [0.4, 0.5) is 4.39 Å². The molecule has 0 amide bonds. The van der Waals surface area contributed by atoms with E-state index >= 15 is 0 Å². The normalized spacial score (nSPS) is 23.4. The van der Waals surface area contributed by atoms with Crippen molar-refractivity contribution in [1.29, 1.82) is 0 Å². The summed E-state index contributed by atoms with van der Waals surface area (Å²) in [5.74, 6) is 3.65. The number of ketones is 1. The van der Waals surface area contributed by atoms with Crippen molar-refractivity contribution in [1.82, 2.24) is 28.9 Å². The van der Waals surface area contributed by atoms with Gasteiger partial charge in [-0.3, -0.25) is 14.5 Å². The molecule has 0 radical (unpaired) electrons. The predicted molar refractivity (Wildman–Crippen MR) is 166 cm³/mol. The molecule has 12 heteroatoms. The summed E-state index contributed by atoms with van der Waals surface area (Å²) in [6.45, 7) is 0.170. The number of Topliss-reactive ketones (excluding diaryl/α,β-unsaturated/α-hetero) is 1. The maximum Gasteiger partial charge on any atom is 0.191 e. The van der Waals surface area contributed by atoms with Crippen LogP contribution in [0.15, 0.2) is 71.7 Å². The van der Waals surface area contributed by atoms with Gasteiger partial charge in [0.05, 0.1) is 38.3 Å². The molecule has 3 aromatic heterocycles. The van der Waals surface area contributed by atoms with Crippen LogP contribution in [0.25, 0.3) is 11.8 Å². The number of aliphatic hydroxyl groups is 1. The molecule has 228 valence electrons. The van der Waals surface area contributed by atoms with Gasteiger partial charge in [-0.1, -0.05) is 17.2 Å². The second kappa shape index (κ2) is 10.5. The highest BCUT2D eigenvalue weighted by atomic mass is 35.5. The summed E-state index contributed by atoms with van der Waals surface area (Å²) in [5, 5.41) is 20.9. The number of carbonyl (C=O) groups is 1. The quantitative estimate of drug-likeness (QED) is 0.223. The number of aromatic nitrogens is 5. The fourth-order valence-electron chi connectivity index (χ4n) is 6.64. The molecule has 0 spiro atoms. The largest absolute Gasteiger partial charge is 0.389 e. The third-order valence-corrected chi connectivity index (χ3v) is 11.5. The molecule has 3 atom stereocenters. The molecule has 2 fully saturated rings.